The monoisotopic (exact) mass is 447 g/mol. The molecule has 1 N–H and O–H groups in total. The first-order chi connectivity index (χ1) is 11.2. The largest absolute Gasteiger partial charge is 0.469 e. The van der Waals surface area contributed by atoms with Crippen molar-refractivity contribution >= 4 is 29.9 Å². The van der Waals surface area contributed by atoms with Crippen molar-refractivity contribution in [1.82, 2.24) is 10.2 Å². The fourth-order valence-electron chi connectivity index (χ4n) is 3.38. The van der Waals surface area contributed by atoms with E-state index in [-0.39, 0.29) is 24.0 Å². The number of nitrogens with zero attached hydrogens (tertiary/aromatic N) is 2. The third-order valence-electron chi connectivity index (χ3n) is 4.76. The van der Waals surface area contributed by atoms with Gasteiger partial charge in [0.15, 0.2) is 5.96 Å². The van der Waals surface area contributed by atoms with E-state index < -0.39 is 0 Å². The molecule has 2 aliphatic heterocycles. The molecule has 1 atom stereocenters. The summed E-state index contributed by atoms with van der Waals surface area (Å²) < 4.78 is 11.0. The quantitative estimate of drug-likeness (QED) is 0.428. The number of halogens is 1. The van der Waals surface area contributed by atoms with E-state index in [1.165, 1.54) is 12.8 Å². The van der Waals surface area contributed by atoms with Crippen LogP contribution < -0.4 is 5.32 Å². The second-order valence-electron chi connectivity index (χ2n) is 7.29. The number of hydrogen-bond donors (Lipinski definition) is 1. The molecule has 1 unspecified atom stereocenters. The van der Waals surface area contributed by atoms with Gasteiger partial charge < -0.3 is 19.4 Å². The van der Waals surface area contributed by atoms with Crippen LogP contribution in [0.1, 0.15) is 32.4 Å². The van der Waals surface area contributed by atoms with Crippen molar-refractivity contribution in [3.63, 3.8) is 0 Å². The smallest absolute Gasteiger partial charge is 0.193 e. The predicted octanol–water partition coefficient (Wildman–Crippen LogP) is 3.15. The van der Waals surface area contributed by atoms with Crippen LogP contribution in [0.5, 0.6) is 0 Å². The van der Waals surface area contributed by atoms with Gasteiger partial charge in [-0.2, -0.15) is 0 Å². The maximum atomic E-state index is 5.64. The number of rotatable bonds is 5. The first-order valence-corrected chi connectivity index (χ1v) is 8.80. The highest BCUT2D eigenvalue weighted by molar-refractivity contribution is 14.0. The lowest BCUT2D eigenvalue weighted by Gasteiger charge is -2.25. The van der Waals surface area contributed by atoms with Gasteiger partial charge in [-0.1, -0.05) is 13.8 Å². The molecule has 0 bridgehead atoms. The van der Waals surface area contributed by atoms with Crippen molar-refractivity contribution in [2.45, 2.75) is 33.1 Å². The Labute approximate surface area is 162 Å². The highest BCUT2D eigenvalue weighted by Crippen LogP contribution is 2.38. The number of nitrogens with one attached hydrogen (secondary N) is 1. The predicted molar refractivity (Wildman–Crippen MR) is 107 cm³/mol. The Morgan fingerprint density at radius 1 is 1.42 bits per heavy atom. The Morgan fingerprint density at radius 3 is 2.96 bits per heavy atom. The summed E-state index contributed by atoms with van der Waals surface area (Å²) in [6, 6.07) is 3.96. The minimum absolute atomic E-state index is 0. The normalized spacial score (nSPS) is 24.0. The van der Waals surface area contributed by atoms with Crippen LogP contribution in [0.25, 0.3) is 0 Å². The zero-order valence-corrected chi connectivity index (χ0v) is 17.1. The topological polar surface area (TPSA) is 50.0 Å². The molecule has 0 aliphatic carbocycles. The molecule has 0 amide bonds. The molecule has 2 fully saturated rings. The number of guanidine groups is 1. The van der Waals surface area contributed by atoms with E-state index in [0.717, 1.165) is 57.5 Å². The van der Waals surface area contributed by atoms with Crippen LogP contribution in [0.3, 0.4) is 0 Å². The summed E-state index contributed by atoms with van der Waals surface area (Å²) in [4.78, 5) is 7.25. The second-order valence-corrected chi connectivity index (χ2v) is 7.29. The highest BCUT2D eigenvalue weighted by Gasteiger charge is 2.42. The molecular weight excluding hydrogens is 417 g/mol. The van der Waals surface area contributed by atoms with Crippen molar-refractivity contribution in [1.29, 1.82) is 0 Å². The zero-order valence-electron chi connectivity index (χ0n) is 14.8. The van der Waals surface area contributed by atoms with E-state index in [4.69, 9.17) is 14.1 Å². The number of ether oxygens (including phenoxy) is 1. The van der Waals surface area contributed by atoms with Gasteiger partial charge in [-0.3, -0.25) is 4.99 Å². The minimum Gasteiger partial charge on any atom is -0.469 e. The number of hydrogen-bond acceptors (Lipinski definition) is 3. The Kier molecular flexibility index (Phi) is 7.40. The molecule has 1 aromatic rings. The third kappa shape index (κ3) is 5.12. The summed E-state index contributed by atoms with van der Waals surface area (Å²) in [6.45, 7) is 10.1. The van der Waals surface area contributed by atoms with Gasteiger partial charge in [0, 0.05) is 44.6 Å². The van der Waals surface area contributed by atoms with Gasteiger partial charge in [-0.25, -0.2) is 0 Å². The van der Waals surface area contributed by atoms with Crippen LogP contribution in [0.2, 0.25) is 0 Å². The molecule has 1 spiro atoms. The standard InChI is InChI=1S/C18H29N3O2.HI/c1-15(2)12-20-17(19-8-5-16-4-3-10-23-16)21-9-6-18(13-21)7-11-22-14-18;/h3-4,10,15H,5-9,11-14H2,1-2H3,(H,19,20);1H. The van der Waals surface area contributed by atoms with E-state index in [2.05, 4.69) is 24.1 Å². The van der Waals surface area contributed by atoms with Crippen molar-refractivity contribution in [3.05, 3.63) is 24.2 Å². The first-order valence-electron chi connectivity index (χ1n) is 8.80. The molecule has 5 nitrogen and oxygen atoms in total. The number of likely N-dealkylation sites (tertiary alicyclic amines) is 1. The van der Waals surface area contributed by atoms with Crippen LogP contribution in [0.15, 0.2) is 27.8 Å². The lowest BCUT2D eigenvalue weighted by atomic mass is 9.87. The van der Waals surface area contributed by atoms with Crippen molar-refractivity contribution in [3.8, 4) is 0 Å². The molecule has 6 heteroatoms. The van der Waals surface area contributed by atoms with Crippen LogP contribution >= 0.6 is 24.0 Å². The lowest BCUT2D eigenvalue weighted by Crippen LogP contribution is -2.42. The van der Waals surface area contributed by atoms with Gasteiger partial charge in [-0.05, 0) is 30.9 Å². The van der Waals surface area contributed by atoms with Crippen LogP contribution in [0.4, 0.5) is 0 Å². The molecule has 0 saturated carbocycles. The molecule has 2 saturated heterocycles. The molecule has 0 aromatic carbocycles. The van der Waals surface area contributed by atoms with Crippen LogP contribution in [-0.4, -0.2) is 50.3 Å². The van der Waals surface area contributed by atoms with Gasteiger partial charge in [0.2, 0.25) is 0 Å². The maximum Gasteiger partial charge on any atom is 0.193 e. The Hall–Kier alpha value is -0.760. The maximum absolute atomic E-state index is 5.64. The van der Waals surface area contributed by atoms with Crippen LogP contribution in [-0.2, 0) is 11.2 Å². The van der Waals surface area contributed by atoms with Crippen molar-refractivity contribution < 1.29 is 9.15 Å². The summed E-state index contributed by atoms with van der Waals surface area (Å²) >= 11 is 0. The average Bonchev–Trinajstić information content (AvgIpc) is 3.26. The molecular formula is C18H30IN3O2. The Balaban J connectivity index is 0.00000208. The van der Waals surface area contributed by atoms with E-state index >= 15 is 0 Å². The molecule has 24 heavy (non-hydrogen) atoms. The zero-order chi connectivity index (χ0) is 16.1. The summed E-state index contributed by atoms with van der Waals surface area (Å²) in [6.07, 6.45) is 5.02. The van der Waals surface area contributed by atoms with E-state index in [1.54, 1.807) is 6.26 Å². The highest BCUT2D eigenvalue weighted by atomic mass is 127. The van der Waals surface area contributed by atoms with Gasteiger partial charge >= 0.3 is 0 Å². The Morgan fingerprint density at radius 2 is 2.29 bits per heavy atom. The molecule has 1 aromatic heterocycles. The molecule has 136 valence electrons. The summed E-state index contributed by atoms with van der Waals surface area (Å²) in [7, 11) is 0. The molecule has 2 aliphatic rings. The third-order valence-corrected chi connectivity index (χ3v) is 4.76. The van der Waals surface area contributed by atoms with Gasteiger partial charge in [0.05, 0.1) is 12.9 Å². The van der Waals surface area contributed by atoms with Gasteiger partial charge in [0.1, 0.15) is 5.76 Å². The fraction of sp³-hybridized carbons (Fsp3) is 0.722. The number of furan rings is 1. The lowest BCUT2D eigenvalue weighted by molar-refractivity contribution is 0.156. The van der Waals surface area contributed by atoms with Gasteiger partial charge in [0.25, 0.3) is 0 Å². The average molecular weight is 447 g/mol. The summed E-state index contributed by atoms with van der Waals surface area (Å²) in [5.41, 5.74) is 0.362. The summed E-state index contributed by atoms with van der Waals surface area (Å²) in [5, 5.41) is 3.54. The van der Waals surface area contributed by atoms with Gasteiger partial charge in [-0.15, -0.1) is 24.0 Å². The fourth-order valence-corrected chi connectivity index (χ4v) is 3.38. The number of aliphatic imine (C=N–C) groups is 1. The van der Waals surface area contributed by atoms with Crippen molar-refractivity contribution in [2.75, 3.05) is 39.4 Å². The van der Waals surface area contributed by atoms with E-state index in [9.17, 15) is 0 Å². The molecule has 3 heterocycles. The van der Waals surface area contributed by atoms with E-state index in [0.29, 0.717) is 11.3 Å². The van der Waals surface area contributed by atoms with E-state index in [1.807, 2.05) is 12.1 Å². The van der Waals surface area contributed by atoms with Crippen molar-refractivity contribution in [2.24, 2.45) is 16.3 Å². The SMILES string of the molecule is CC(C)CN=C(NCCc1ccco1)N1CCC2(CCOC2)C1.I. The molecule has 0 radical (unpaired) electrons. The Bertz CT molecular complexity index is 510. The first kappa shape index (κ1) is 19.6. The molecule has 3 rings (SSSR count). The second kappa shape index (κ2) is 9.08. The summed E-state index contributed by atoms with van der Waals surface area (Å²) in [5.74, 6) is 2.64. The van der Waals surface area contributed by atoms with Crippen LogP contribution in [0, 0.1) is 11.3 Å². The minimum atomic E-state index is 0.